The molecule has 0 saturated heterocycles. The van der Waals surface area contributed by atoms with Gasteiger partial charge in [0.2, 0.25) is 0 Å². The Morgan fingerprint density at radius 2 is 1.71 bits per heavy atom. The molecular weight excluding hydrogens is 509 g/mol. The van der Waals surface area contributed by atoms with Crippen molar-refractivity contribution >= 4 is 51.7 Å². The summed E-state index contributed by atoms with van der Waals surface area (Å²) < 4.78 is 6.18. The number of rotatable bonds is 6. The van der Waals surface area contributed by atoms with E-state index >= 15 is 0 Å². The van der Waals surface area contributed by atoms with Crippen LogP contribution in [0.15, 0.2) is 65.8 Å². The number of amides is 2. The van der Waals surface area contributed by atoms with E-state index in [1.165, 1.54) is 7.11 Å². The second kappa shape index (κ2) is 10.0. The van der Waals surface area contributed by atoms with E-state index in [-0.39, 0.29) is 11.5 Å². The van der Waals surface area contributed by atoms with Crippen molar-refractivity contribution in [2.24, 2.45) is 10.7 Å². The van der Waals surface area contributed by atoms with E-state index in [1.807, 2.05) is 6.07 Å². The minimum absolute atomic E-state index is 0.243. The number of nitrogens with two attached hydrogens (primary N) is 1. The van der Waals surface area contributed by atoms with Crippen LogP contribution in [-0.2, 0) is 0 Å². The molecule has 158 valence electrons. The molecule has 8 nitrogen and oxygen atoms in total. The van der Waals surface area contributed by atoms with Crippen LogP contribution in [0.2, 0.25) is 0 Å². The lowest BCUT2D eigenvalue weighted by molar-refractivity contribution is 0.102. The summed E-state index contributed by atoms with van der Waals surface area (Å²) in [4.78, 5) is 33.7. The molecule has 0 fully saturated rings. The van der Waals surface area contributed by atoms with Gasteiger partial charge in [-0.15, -0.1) is 0 Å². The van der Waals surface area contributed by atoms with E-state index in [1.54, 1.807) is 61.8 Å². The molecule has 0 spiro atoms. The zero-order valence-corrected chi connectivity index (χ0v) is 19.0. The quantitative estimate of drug-likeness (QED) is 0.257. The van der Waals surface area contributed by atoms with Crippen LogP contribution in [0.4, 0.5) is 11.5 Å². The van der Waals surface area contributed by atoms with Crippen molar-refractivity contribution in [1.82, 2.24) is 4.98 Å². The second-order valence-corrected chi connectivity index (χ2v) is 7.61. The van der Waals surface area contributed by atoms with Crippen LogP contribution >= 0.6 is 22.6 Å². The van der Waals surface area contributed by atoms with E-state index < -0.39 is 5.91 Å². The fourth-order valence-corrected chi connectivity index (χ4v) is 3.02. The summed E-state index contributed by atoms with van der Waals surface area (Å²) in [6.45, 7) is 0. The number of carbonyl (C=O) groups excluding carboxylic acids is 2. The summed E-state index contributed by atoms with van der Waals surface area (Å²) in [5, 5.41) is 5.51. The molecular formula is C22H20IN5O3. The Kier molecular flexibility index (Phi) is 7.19. The molecule has 3 rings (SSSR count). The molecule has 0 aliphatic carbocycles. The van der Waals surface area contributed by atoms with Gasteiger partial charge in [-0.25, -0.2) is 4.98 Å². The highest BCUT2D eigenvalue weighted by atomic mass is 127. The Morgan fingerprint density at radius 1 is 1.00 bits per heavy atom. The van der Waals surface area contributed by atoms with Gasteiger partial charge in [0.25, 0.3) is 11.8 Å². The molecule has 0 unspecified atom stereocenters. The predicted octanol–water partition coefficient (Wildman–Crippen LogP) is 3.53. The number of carbonyl (C=O) groups is 2. The van der Waals surface area contributed by atoms with Gasteiger partial charge in [-0.05, 0) is 65.1 Å². The molecule has 2 aromatic carbocycles. The third kappa shape index (κ3) is 5.57. The predicted molar refractivity (Wildman–Crippen MR) is 129 cm³/mol. The van der Waals surface area contributed by atoms with Crippen molar-refractivity contribution in [3.63, 3.8) is 0 Å². The van der Waals surface area contributed by atoms with Gasteiger partial charge in [0, 0.05) is 27.9 Å². The van der Waals surface area contributed by atoms with E-state index in [0.29, 0.717) is 34.2 Å². The van der Waals surface area contributed by atoms with Crippen LogP contribution in [0, 0.1) is 3.57 Å². The number of amidine groups is 1. The largest absolute Gasteiger partial charge is 0.497 e. The van der Waals surface area contributed by atoms with Crippen molar-refractivity contribution in [1.29, 1.82) is 0 Å². The third-order valence-corrected chi connectivity index (χ3v) is 5.01. The number of nitrogens with one attached hydrogen (secondary N) is 2. The summed E-state index contributed by atoms with van der Waals surface area (Å²) >= 11 is 2.13. The number of aliphatic imine (C=N–C) groups is 1. The lowest BCUT2D eigenvalue weighted by Crippen LogP contribution is -2.19. The number of anilines is 2. The van der Waals surface area contributed by atoms with Crippen molar-refractivity contribution in [3.05, 3.63) is 81.1 Å². The maximum Gasteiger partial charge on any atom is 0.259 e. The van der Waals surface area contributed by atoms with Crippen LogP contribution in [0.3, 0.4) is 0 Å². The Morgan fingerprint density at radius 3 is 2.32 bits per heavy atom. The molecule has 0 radical (unpaired) electrons. The fourth-order valence-electron chi connectivity index (χ4n) is 2.70. The molecule has 1 aromatic heterocycles. The van der Waals surface area contributed by atoms with E-state index in [9.17, 15) is 9.59 Å². The number of nitrogens with zero attached hydrogens (tertiary/aromatic N) is 2. The van der Waals surface area contributed by atoms with Crippen LogP contribution < -0.4 is 21.1 Å². The molecule has 0 atom stereocenters. The molecule has 3 aromatic rings. The second-order valence-electron chi connectivity index (χ2n) is 6.37. The monoisotopic (exact) mass is 529 g/mol. The topological polar surface area (TPSA) is 119 Å². The van der Waals surface area contributed by atoms with Gasteiger partial charge in [0.1, 0.15) is 17.4 Å². The van der Waals surface area contributed by atoms with E-state index in [2.05, 4.69) is 43.2 Å². The number of hydrogen-bond donors (Lipinski definition) is 3. The summed E-state index contributed by atoms with van der Waals surface area (Å²) in [5.74, 6) is 0.467. The van der Waals surface area contributed by atoms with Crippen molar-refractivity contribution < 1.29 is 14.3 Å². The van der Waals surface area contributed by atoms with Crippen molar-refractivity contribution in [2.45, 2.75) is 0 Å². The molecule has 31 heavy (non-hydrogen) atoms. The molecule has 0 bridgehead atoms. The van der Waals surface area contributed by atoms with Crippen LogP contribution in [0.5, 0.6) is 5.75 Å². The number of aromatic nitrogens is 1. The summed E-state index contributed by atoms with van der Waals surface area (Å²) in [6, 6.07) is 15.1. The van der Waals surface area contributed by atoms with Gasteiger partial charge < -0.3 is 21.1 Å². The van der Waals surface area contributed by atoms with Gasteiger partial charge in [-0.2, -0.15) is 0 Å². The fraction of sp³-hybridized carbons (Fsp3) is 0.0909. The number of methoxy groups -OCH3 is 1. The summed E-state index contributed by atoms with van der Waals surface area (Å²) in [6.07, 6.45) is 1.64. The van der Waals surface area contributed by atoms with E-state index in [0.717, 1.165) is 3.57 Å². The highest BCUT2D eigenvalue weighted by Crippen LogP contribution is 2.24. The molecule has 4 N–H and O–H groups in total. The highest BCUT2D eigenvalue weighted by Gasteiger charge is 2.17. The minimum Gasteiger partial charge on any atom is -0.497 e. The maximum absolute atomic E-state index is 12.9. The molecule has 0 saturated carbocycles. The highest BCUT2D eigenvalue weighted by molar-refractivity contribution is 14.1. The number of halogens is 1. The minimum atomic E-state index is -0.426. The summed E-state index contributed by atoms with van der Waals surface area (Å²) in [5.41, 5.74) is 7.49. The first-order chi connectivity index (χ1) is 14.9. The molecule has 0 aliphatic rings. The van der Waals surface area contributed by atoms with Crippen molar-refractivity contribution in [2.75, 3.05) is 24.8 Å². The van der Waals surface area contributed by atoms with Gasteiger partial charge >= 0.3 is 0 Å². The Bertz CT molecular complexity index is 1130. The number of pyridine rings is 1. The van der Waals surface area contributed by atoms with E-state index in [4.69, 9.17) is 10.5 Å². The molecule has 9 heteroatoms. The lowest BCUT2D eigenvalue weighted by atomic mass is 10.1. The molecule has 2 amide bonds. The standard InChI is InChI=1S/C22H20IN5O3/c1-25-20(24)13-3-5-14(6-4-13)21(29)27-18-9-8-16(31-2)11-17(18)22(30)28-19-10-7-15(23)12-26-19/h3-12H,1-2H3,(H2,24,25)(H,27,29)(H,26,28,30). The summed E-state index contributed by atoms with van der Waals surface area (Å²) in [7, 11) is 3.10. The average Bonchev–Trinajstić information content (AvgIpc) is 2.80. The zero-order chi connectivity index (χ0) is 22.4. The van der Waals surface area contributed by atoms with Gasteiger partial charge in [-0.1, -0.05) is 12.1 Å². The Labute approximate surface area is 193 Å². The first-order valence-electron chi connectivity index (χ1n) is 9.16. The van der Waals surface area contributed by atoms with Crippen molar-refractivity contribution in [3.8, 4) is 5.75 Å². The van der Waals surface area contributed by atoms with Crippen LogP contribution in [0.1, 0.15) is 26.3 Å². The lowest BCUT2D eigenvalue weighted by Gasteiger charge is -2.13. The van der Waals surface area contributed by atoms with Gasteiger partial charge in [0.15, 0.2) is 0 Å². The molecule has 1 heterocycles. The Balaban J connectivity index is 1.84. The Hall–Kier alpha value is -3.47. The van der Waals surface area contributed by atoms with Crippen LogP contribution in [-0.4, -0.2) is 36.8 Å². The van der Waals surface area contributed by atoms with Gasteiger partial charge in [0.05, 0.1) is 18.4 Å². The first-order valence-corrected chi connectivity index (χ1v) is 10.2. The maximum atomic E-state index is 12.9. The smallest absolute Gasteiger partial charge is 0.259 e. The number of ether oxygens (including phenoxy) is 1. The zero-order valence-electron chi connectivity index (χ0n) is 16.8. The number of hydrogen-bond acceptors (Lipinski definition) is 5. The molecule has 0 aliphatic heterocycles. The number of benzene rings is 2. The first kappa shape index (κ1) is 22.2. The SMILES string of the molecule is CN=C(N)c1ccc(C(=O)Nc2ccc(OC)cc2C(=O)Nc2ccc(I)cn2)cc1. The normalized spacial score (nSPS) is 11.0. The average molecular weight is 529 g/mol. The van der Waals surface area contributed by atoms with Crippen LogP contribution in [0.25, 0.3) is 0 Å². The third-order valence-electron chi connectivity index (χ3n) is 4.37. The van der Waals surface area contributed by atoms with Gasteiger partial charge in [-0.3, -0.25) is 14.6 Å².